The van der Waals surface area contributed by atoms with Crippen LogP contribution in [0.4, 0.5) is 0 Å². The lowest BCUT2D eigenvalue weighted by molar-refractivity contribution is -0.117. The van der Waals surface area contributed by atoms with Crippen molar-refractivity contribution in [3.8, 4) is 0 Å². The minimum Gasteiger partial charge on any atom is -0.370 e. The molecule has 1 aromatic heterocycles. The second kappa shape index (κ2) is 6.39. The number of pyridine rings is 1. The third kappa shape index (κ3) is 3.31. The van der Waals surface area contributed by atoms with Crippen LogP contribution in [0, 0.1) is 0 Å². The van der Waals surface area contributed by atoms with Crippen molar-refractivity contribution in [3.63, 3.8) is 0 Å². The van der Waals surface area contributed by atoms with Gasteiger partial charge in [0.2, 0.25) is 5.91 Å². The van der Waals surface area contributed by atoms with Gasteiger partial charge in [-0.2, -0.15) is 0 Å². The van der Waals surface area contributed by atoms with Gasteiger partial charge in [0.1, 0.15) is 0 Å². The molecule has 0 aliphatic rings. The molecule has 3 rings (SSSR count). The fourth-order valence-electron chi connectivity index (χ4n) is 2.61. The van der Waals surface area contributed by atoms with E-state index in [0.717, 1.165) is 17.7 Å². The summed E-state index contributed by atoms with van der Waals surface area (Å²) in [7, 11) is 0. The fraction of sp³-hybridized carbons (Fsp3) is 0.158. The average Bonchev–Trinajstić information content (AvgIpc) is 2.54. The van der Waals surface area contributed by atoms with Crippen molar-refractivity contribution in [1.82, 2.24) is 4.98 Å². The molecule has 0 fully saturated rings. The number of amides is 1. The molecule has 1 heterocycles. The van der Waals surface area contributed by atoms with Crippen LogP contribution in [0.25, 0.3) is 10.8 Å². The zero-order valence-corrected chi connectivity index (χ0v) is 12.3. The van der Waals surface area contributed by atoms with Crippen molar-refractivity contribution in [1.29, 1.82) is 0 Å². The molecule has 3 heteroatoms. The number of carbonyl (C=O) groups excluding carboxylic acids is 1. The first-order chi connectivity index (χ1) is 10.7. The number of fused-ring (bicyclic) bond motifs is 1. The Balaban J connectivity index is 1.79. The summed E-state index contributed by atoms with van der Waals surface area (Å²) in [6.07, 6.45) is 3.75. The standard InChI is InChI=1S/C19H18N2O/c20-19(22)10-9-14-5-7-15(8-6-14)13-18-17-4-2-1-3-16(17)11-12-21-18/h1-8,11-12H,9-10,13H2,(H2,20,22). The molecule has 0 saturated heterocycles. The number of nitrogens with two attached hydrogens (primary N) is 1. The molecule has 0 unspecified atom stereocenters. The van der Waals surface area contributed by atoms with Gasteiger partial charge in [-0.1, -0.05) is 48.5 Å². The maximum Gasteiger partial charge on any atom is 0.217 e. The molecule has 0 saturated carbocycles. The molecule has 0 aliphatic carbocycles. The molecule has 22 heavy (non-hydrogen) atoms. The van der Waals surface area contributed by atoms with Gasteiger partial charge >= 0.3 is 0 Å². The second-order valence-electron chi connectivity index (χ2n) is 5.44. The maximum atomic E-state index is 10.8. The summed E-state index contributed by atoms with van der Waals surface area (Å²) in [6.45, 7) is 0. The lowest BCUT2D eigenvalue weighted by atomic mass is 10.0. The van der Waals surface area contributed by atoms with E-state index in [-0.39, 0.29) is 5.91 Å². The van der Waals surface area contributed by atoms with E-state index in [1.807, 2.05) is 24.4 Å². The van der Waals surface area contributed by atoms with Gasteiger partial charge in [-0.05, 0) is 29.0 Å². The van der Waals surface area contributed by atoms with Crippen molar-refractivity contribution >= 4 is 16.7 Å². The molecule has 1 amide bonds. The molecule has 0 atom stereocenters. The molecule has 0 radical (unpaired) electrons. The number of aryl methyl sites for hydroxylation is 1. The number of aromatic nitrogens is 1. The number of carbonyl (C=O) groups is 1. The predicted octanol–water partition coefficient (Wildman–Crippen LogP) is 3.24. The van der Waals surface area contributed by atoms with E-state index in [1.165, 1.54) is 16.3 Å². The summed E-state index contributed by atoms with van der Waals surface area (Å²) < 4.78 is 0. The highest BCUT2D eigenvalue weighted by atomic mass is 16.1. The summed E-state index contributed by atoms with van der Waals surface area (Å²) in [5.74, 6) is -0.260. The van der Waals surface area contributed by atoms with Crippen molar-refractivity contribution in [2.24, 2.45) is 5.73 Å². The van der Waals surface area contributed by atoms with Crippen LogP contribution >= 0.6 is 0 Å². The summed E-state index contributed by atoms with van der Waals surface area (Å²) in [4.78, 5) is 15.3. The van der Waals surface area contributed by atoms with Crippen LogP contribution in [0.15, 0.2) is 60.8 Å². The van der Waals surface area contributed by atoms with Gasteiger partial charge in [-0.15, -0.1) is 0 Å². The van der Waals surface area contributed by atoms with E-state index >= 15 is 0 Å². The summed E-state index contributed by atoms with van der Waals surface area (Å²) in [6, 6.07) is 18.6. The Morgan fingerprint density at radius 3 is 2.45 bits per heavy atom. The van der Waals surface area contributed by atoms with E-state index in [0.29, 0.717) is 12.8 Å². The first kappa shape index (κ1) is 14.3. The van der Waals surface area contributed by atoms with Crippen LogP contribution in [-0.2, 0) is 17.6 Å². The smallest absolute Gasteiger partial charge is 0.217 e. The molecule has 110 valence electrons. The third-order valence-electron chi connectivity index (χ3n) is 3.81. The van der Waals surface area contributed by atoms with Crippen LogP contribution in [-0.4, -0.2) is 10.9 Å². The van der Waals surface area contributed by atoms with Gasteiger partial charge in [-0.25, -0.2) is 0 Å². The number of hydrogen-bond acceptors (Lipinski definition) is 2. The van der Waals surface area contributed by atoms with Crippen molar-refractivity contribution in [3.05, 3.63) is 77.6 Å². The Morgan fingerprint density at radius 2 is 1.68 bits per heavy atom. The van der Waals surface area contributed by atoms with Crippen LogP contribution in [0.1, 0.15) is 23.2 Å². The third-order valence-corrected chi connectivity index (χ3v) is 3.81. The Hall–Kier alpha value is -2.68. The predicted molar refractivity (Wildman–Crippen MR) is 88.5 cm³/mol. The second-order valence-corrected chi connectivity index (χ2v) is 5.44. The van der Waals surface area contributed by atoms with Gasteiger partial charge in [0, 0.05) is 24.4 Å². The quantitative estimate of drug-likeness (QED) is 0.784. The Kier molecular flexibility index (Phi) is 4.15. The molecule has 0 bridgehead atoms. The molecular formula is C19H18N2O. The van der Waals surface area contributed by atoms with Crippen LogP contribution in [0.2, 0.25) is 0 Å². The number of benzene rings is 2. The Bertz CT molecular complexity index is 789. The highest BCUT2D eigenvalue weighted by molar-refractivity contribution is 5.84. The average molecular weight is 290 g/mol. The lowest BCUT2D eigenvalue weighted by Crippen LogP contribution is -2.11. The normalized spacial score (nSPS) is 10.7. The van der Waals surface area contributed by atoms with Gasteiger partial charge in [-0.3, -0.25) is 9.78 Å². The van der Waals surface area contributed by atoms with Crippen molar-refractivity contribution < 1.29 is 4.79 Å². The molecule has 2 aromatic carbocycles. The van der Waals surface area contributed by atoms with E-state index in [2.05, 4.69) is 41.4 Å². The Morgan fingerprint density at radius 1 is 0.955 bits per heavy atom. The summed E-state index contributed by atoms with van der Waals surface area (Å²) >= 11 is 0. The summed E-state index contributed by atoms with van der Waals surface area (Å²) in [5.41, 5.74) is 8.61. The molecule has 3 aromatic rings. The van der Waals surface area contributed by atoms with Crippen LogP contribution in [0.3, 0.4) is 0 Å². The zero-order valence-electron chi connectivity index (χ0n) is 12.3. The monoisotopic (exact) mass is 290 g/mol. The molecule has 2 N–H and O–H groups in total. The van der Waals surface area contributed by atoms with Gasteiger partial charge in [0.25, 0.3) is 0 Å². The number of rotatable bonds is 5. The van der Waals surface area contributed by atoms with E-state index in [9.17, 15) is 4.79 Å². The first-order valence-electron chi connectivity index (χ1n) is 7.41. The van der Waals surface area contributed by atoms with E-state index < -0.39 is 0 Å². The topological polar surface area (TPSA) is 56.0 Å². The molecular weight excluding hydrogens is 272 g/mol. The minimum absolute atomic E-state index is 0.260. The molecule has 3 nitrogen and oxygen atoms in total. The fourth-order valence-corrected chi connectivity index (χ4v) is 2.61. The number of nitrogens with zero attached hydrogens (tertiary/aromatic N) is 1. The van der Waals surface area contributed by atoms with Crippen molar-refractivity contribution in [2.75, 3.05) is 0 Å². The Labute approximate surface area is 129 Å². The van der Waals surface area contributed by atoms with Gasteiger partial charge in [0.05, 0.1) is 5.69 Å². The highest BCUT2D eigenvalue weighted by Crippen LogP contribution is 2.19. The largest absolute Gasteiger partial charge is 0.370 e. The minimum atomic E-state index is -0.260. The highest BCUT2D eigenvalue weighted by Gasteiger charge is 2.04. The van der Waals surface area contributed by atoms with Crippen molar-refractivity contribution in [2.45, 2.75) is 19.3 Å². The lowest BCUT2D eigenvalue weighted by Gasteiger charge is -2.07. The maximum absolute atomic E-state index is 10.8. The molecule has 0 spiro atoms. The van der Waals surface area contributed by atoms with E-state index in [4.69, 9.17) is 5.73 Å². The molecule has 0 aliphatic heterocycles. The van der Waals surface area contributed by atoms with Crippen LogP contribution < -0.4 is 5.73 Å². The number of hydrogen-bond donors (Lipinski definition) is 1. The van der Waals surface area contributed by atoms with Crippen LogP contribution in [0.5, 0.6) is 0 Å². The summed E-state index contributed by atoms with van der Waals surface area (Å²) in [5, 5.41) is 2.41. The van der Waals surface area contributed by atoms with Gasteiger partial charge in [0.15, 0.2) is 0 Å². The zero-order chi connectivity index (χ0) is 15.4. The van der Waals surface area contributed by atoms with Gasteiger partial charge < -0.3 is 5.73 Å². The van der Waals surface area contributed by atoms with E-state index in [1.54, 1.807) is 0 Å². The SMILES string of the molecule is NC(=O)CCc1ccc(Cc2nccc3ccccc23)cc1. The first-order valence-corrected chi connectivity index (χ1v) is 7.41. The number of primary amides is 1.